The molecule has 1 saturated heterocycles. The lowest BCUT2D eigenvalue weighted by Gasteiger charge is -2.40. The second kappa shape index (κ2) is 12.5. The zero-order valence-corrected chi connectivity index (χ0v) is 25.1. The van der Waals surface area contributed by atoms with Gasteiger partial charge in [0.15, 0.2) is 5.65 Å². The molecule has 0 bridgehead atoms. The molecule has 1 aliphatic heterocycles. The summed E-state index contributed by atoms with van der Waals surface area (Å²) < 4.78 is 16.5. The number of rotatable bonds is 8. The topological polar surface area (TPSA) is 117 Å². The van der Waals surface area contributed by atoms with E-state index in [1.807, 2.05) is 25.7 Å². The molecule has 12 heteroatoms. The highest BCUT2D eigenvalue weighted by atomic mass is 35.5. The van der Waals surface area contributed by atoms with Crippen LogP contribution >= 0.6 is 11.6 Å². The number of pyridine rings is 1. The minimum atomic E-state index is -0.713. The third-order valence-electron chi connectivity index (χ3n) is 7.59. The zero-order valence-electron chi connectivity index (χ0n) is 24.3. The van der Waals surface area contributed by atoms with Crippen LogP contribution in [0, 0.1) is 5.82 Å². The van der Waals surface area contributed by atoms with E-state index in [2.05, 4.69) is 21.5 Å². The summed E-state index contributed by atoms with van der Waals surface area (Å²) in [7, 11) is 0. The molecule has 1 amide bonds. The van der Waals surface area contributed by atoms with Crippen LogP contribution in [-0.2, 0) is 17.6 Å². The molecule has 43 heavy (non-hydrogen) atoms. The SMILES string of the molecule is C=CC(=O)N1CCN(c2nc(=O)n(-c3c(CCC)ncnc3CCC)c3nc(-c4c(O)cccc4F)c(Cl)cc23)[C@@H](C)C1. The smallest absolute Gasteiger partial charge is 0.355 e. The Labute approximate surface area is 253 Å². The summed E-state index contributed by atoms with van der Waals surface area (Å²) in [6, 6.07) is 5.33. The molecule has 4 aromatic rings. The third-order valence-corrected chi connectivity index (χ3v) is 7.87. The van der Waals surface area contributed by atoms with Crippen molar-refractivity contribution in [1.82, 2.24) is 29.4 Å². The number of aryl methyl sites for hydroxylation is 2. The molecule has 0 saturated carbocycles. The fourth-order valence-electron chi connectivity index (χ4n) is 5.60. The number of hydrogen-bond acceptors (Lipinski definition) is 8. The first-order valence-corrected chi connectivity index (χ1v) is 14.7. The van der Waals surface area contributed by atoms with Crippen molar-refractivity contribution in [3.05, 3.63) is 76.0 Å². The lowest BCUT2D eigenvalue weighted by molar-refractivity contribution is -0.126. The second-order valence-electron chi connectivity index (χ2n) is 10.5. The maximum Gasteiger partial charge on any atom is 0.355 e. The number of carbonyl (C=O) groups is 1. The van der Waals surface area contributed by atoms with Gasteiger partial charge in [0.25, 0.3) is 0 Å². The van der Waals surface area contributed by atoms with Crippen LogP contribution in [-0.4, -0.2) is 66.1 Å². The number of phenols is 1. The Morgan fingerprint density at radius 2 is 1.86 bits per heavy atom. The van der Waals surface area contributed by atoms with Crippen LogP contribution in [0.5, 0.6) is 5.75 Å². The number of hydrogen-bond donors (Lipinski definition) is 1. The summed E-state index contributed by atoms with van der Waals surface area (Å²) in [6.45, 7) is 10.8. The maximum atomic E-state index is 15.1. The van der Waals surface area contributed by atoms with Gasteiger partial charge in [-0.3, -0.25) is 4.79 Å². The lowest BCUT2D eigenvalue weighted by Crippen LogP contribution is -2.54. The van der Waals surface area contributed by atoms with Gasteiger partial charge in [-0.05, 0) is 44.0 Å². The molecule has 0 spiro atoms. The standard InChI is InChI=1S/C31H33ClFN7O3/c1-5-9-22-28(23(10-6-2)35-17-34-22)40-30-19(15-20(32)27(36-30)26-21(33)11-8-12-24(26)41)29(37-31(40)43)39-14-13-38(16-18(39)4)25(42)7-3/h7-8,11-12,15,17-18,41H,3,5-6,9-10,13-14,16H2,1-2,4H3/t18-/m0/s1. The van der Waals surface area contributed by atoms with Gasteiger partial charge in [0.1, 0.15) is 23.7 Å². The number of nitrogens with zero attached hydrogens (tertiary/aromatic N) is 7. The van der Waals surface area contributed by atoms with E-state index in [1.165, 1.54) is 35.2 Å². The largest absolute Gasteiger partial charge is 0.507 e. The van der Waals surface area contributed by atoms with E-state index in [-0.39, 0.29) is 39.6 Å². The van der Waals surface area contributed by atoms with Crippen molar-refractivity contribution in [1.29, 1.82) is 0 Å². The number of phenolic OH excluding ortho intramolecular Hbond substituents is 1. The summed E-state index contributed by atoms with van der Waals surface area (Å²) in [4.78, 5) is 48.4. The van der Waals surface area contributed by atoms with Gasteiger partial charge < -0.3 is 14.9 Å². The van der Waals surface area contributed by atoms with Crippen LogP contribution in [0.25, 0.3) is 28.0 Å². The van der Waals surface area contributed by atoms with E-state index < -0.39 is 11.5 Å². The molecule has 224 valence electrons. The van der Waals surface area contributed by atoms with E-state index in [9.17, 15) is 14.7 Å². The van der Waals surface area contributed by atoms with Crippen molar-refractivity contribution < 1.29 is 14.3 Å². The van der Waals surface area contributed by atoms with E-state index in [4.69, 9.17) is 16.6 Å². The first-order valence-electron chi connectivity index (χ1n) is 14.3. The Morgan fingerprint density at radius 3 is 2.47 bits per heavy atom. The van der Waals surface area contributed by atoms with Crippen LogP contribution in [0.1, 0.15) is 45.0 Å². The number of fused-ring (bicyclic) bond motifs is 1. The van der Waals surface area contributed by atoms with Crippen LogP contribution in [0.3, 0.4) is 0 Å². The average Bonchev–Trinajstić information content (AvgIpc) is 2.98. The fourth-order valence-corrected chi connectivity index (χ4v) is 5.85. The molecule has 1 aliphatic rings. The van der Waals surface area contributed by atoms with Gasteiger partial charge in [0, 0.05) is 25.7 Å². The second-order valence-corrected chi connectivity index (χ2v) is 10.9. The number of anilines is 1. The van der Waals surface area contributed by atoms with E-state index in [0.717, 1.165) is 12.8 Å². The van der Waals surface area contributed by atoms with Gasteiger partial charge in [-0.2, -0.15) is 4.98 Å². The summed E-state index contributed by atoms with van der Waals surface area (Å²) in [5, 5.41) is 11.1. The van der Waals surface area contributed by atoms with E-state index in [0.29, 0.717) is 60.8 Å². The molecule has 1 fully saturated rings. The first kappa shape index (κ1) is 30.1. The van der Waals surface area contributed by atoms with Crippen LogP contribution in [0.4, 0.5) is 10.2 Å². The molecular formula is C31H33ClFN7O3. The predicted octanol–water partition coefficient (Wildman–Crippen LogP) is 4.86. The molecule has 4 heterocycles. The molecular weight excluding hydrogens is 573 g/mol. The van der Waals surface area contributed by atoms with Gasteiger partial charge in [0.2, 0.25) is 5.91 Å². The van der Waals surface area contributed by atoms with Crippen LogP contribution in [0.15, 0.2) is 48.0 Å². The van der Waals surface area contributed by atoms with Gasteiger partial charge >= 0.3 is 5.69 Å². The molecule has 3 aromatic heterocycles. The number of aromatic nitrogens is 5. The number of piperazine rings is 1. The van der Waals surface area contributed by atoms with Crippen molar-refractivity contribution in [3.8, 4) is 22.7 Å². The molecule has 0 unspecified atom stereocenters. The van der Waals surface area contributed by atoms with Crippen molar-refractivity contribution in [3.63, 3.8) is 0 Å². The number of halogens is 2. The lowest BCUT2D eigenvalue weighted by atomic mass is 10.1. The van der Waals surface area contributed by atoms with E-state index in [1.54, 1.807) is 11.0 Å². The van der Waals surface area contributed by atoms with Crippen molar-refractivity contribution in [2.24, 2.45) is 0 Å². The Bertz CT molecular complexity index is 1730. The number of carbonyl (C=O) groups excluding carboxylic acids is 1. The minimum absolute atomic E-state index is 0.0181. The molecule has 1 atom stereocenters. The molecule has 1 N–H and O–H groups in total. The van der Waals surface area contributed by atoms with Gasteiger partial charge in [-0.1, -0.05) is 50.9 Å². The molecule has 1 aromatic carbocycles. The highest BCUT2D eigenvalue weighted by Crippen LogP contribution is 2.39. The van der Waals surface area contributed by atoms with Crippen molar-refractivity contribution >= 4 is 34.4 Å². The highest BCUT2D eigenvalue weighted by Gasteiger charge is 2.31. The molecule has 5 rings (SSSR count). The summed E-state index contributed by atoms with van der Waals surface area (Å²) in [6.07, 6.45) is 5.47. The quantitative estimate of drug-likeness (QED) is 0.283. The maximum absolute atomic E-state index is 15.1. The van der Waals surface area contributed by atoms with Gasteiger partial charge in [-0.25, -0.2) is 28.7 Å². The van der Waals surface area contributed by atoms with Crippen LogP contribution < -0.4 is 10.6 Å². The summed E-state index contributed by atoms with van der Waals surface area (Å²) >= 11 is 6.75. The average molecular weight is 606 g/mol. The predicted molar refractivity (Wildman–Crippen MR) is 164 cm³/mol. The third kappa shape index (κ3) is 5.56. The number of benzene rings is 1. The highest BCUT2D eigenvalue weighted by molar-refractivity contribution is 6.34. The van der Waals surface area contributed by atoms with Gasteiger partial charge in [-0.15, -0.1) is 0 Å². The summed E-state index contributed by atoms with van der Waals surface area (Å²) in [5.74, 6) is -0.876. The Kier molecular flexibility index (Phi) is 8.72. The number of amides is 1. The molecule has 0 aliphatic carbocycles. The fraction of sp³-hybridized carbons (Fsp3) is 0.355. The van der Waals surface area contributed by atoms with Gasteiger partial charge in [0.05, 0.1) is 38.7 Å². The first-order chi connectivity index (χ1) is 20.7. The van der Waals surface area contributed by atoms with Crippen LogP contribution in [0.2, 0.25) is 5.02 Å². The Balaban J connectivity index is 1.84. The Morgan fingerprint density at radius 1 is 1.16 bits per heavy atom. The zero-order chi connectivity index (χ0) is 30.8. The number of aromatic hydroxyl groups is 1. The Hall–Kier alpha value is -4.38. The normalized spacial score (nSPS) is 15.2. The molecule has 0 radical (unpaired) electrons. The van der Waals surface area contributed by atoms with Crippen molar-refractivity contribution in [2.75, 3.05) is 24.5 Å². The van der Waals surface area contributed by atoms with E-state index >= 15 is 4.39 Å². The minimum Gasteiger partial charge on any atom is -0.507 e. The summed E-state index contributed by atoms with van der Waals surface area (Å²) in [5.41, 5.74) is 1.19. The monoisotopic (exact) mass is 605 g/mol. The molecule has 10 nitrogen and oxygen atoms in total. The van der Waals surface area contributed by atoms with Crippen molar-refractivity contribution in [2.45, 2.75) is 52.5 Å².